The van der Waals surface area contributed by atoms with Crippen molar-refractivity contribution in [2.45, 2.75) is 25.9 Å². The molecule has 3 heterocycles. The quantitative estimate of drug-likeness (QED) is 0.788. The Balaban J connectivity index is 1.33. The van der Waals surface area contributed by atoms with Crippen LogP contribution in [0.25, 0.3) is 0 Å². The molecule has 126 valence electrons. The number of carbonyl (C=O) groups is 3. The molecule has 25 heavy (non-hydrogen) atoms. The lowest BCUT2D eigenvalue weighted by Crippen LogP contribution is -2.32. The maximum Gasteiger partial charge on any atom is 0.261 e. The third-order valence-corrected chi connectivity index (χ3v) is 4.59. The number of aromatic nitrogens is 2. The molecule has 0 fully saturated rings. The Morgan fingerprint density at radius 1 is 1.08 bits per heavy atom. The number of hydrogen-bond donors (Lipinski definition) is 0. The molecule has 7 nitrogen and oxygen atoms in total. The van der Waals surface area contributed by atoms with E-state index in [1.54, 1.807) is 35.4 Å². The third kappa shape index (κ3) is 2.67. The van der Waals surface area contributed by atoms with Crippen LogP contribution >= 0.6 is 0 Å². The SMILES string of the molecule is O=C(CCCN1C(=O)c2ccccc2C1=O)N1Cc2cncnc2C1. The molecule has 0 unspecified atom stereocenters. The van der Waals surface area contributed by atoms with Crippen molar-refractivity contribution in [2.75, 3.05) is 6.54 Å². The molecule has 4 rings (SSSR count). The fraction of sp³-hybridized carbons (Fsp3) is 0.278. The summed E-state index contributed by atoms with van der Waals surface area (Å²) in [5.41, 5.74) is 2.72. The van der Waals surface area contributed by atoms with Crippen molar-refractivity contribution >= 4 is 17.7 Å². The monoisotopic (exact) mass is 336 g/mol. The summed E-state index contributed by atoms with van der Waals surface area (Å²) in [7, 11) is 0. The number of carbonyl (C=O) groups excluding carboxylic acids is 3. The summed E-state index contributed by atoms with van der Waals surface area (Å²) >= 11 is 0. The molecule has 0 spiro atoms. The molecule has 3 amide bonds. The Morgan fingerprint density at radius 2 is 1.80 bits per heavy atom. The lowest BCUT2D eigenvalue weighted by Gasteiger charge is -2.17. The standard InChI is InChI=1S/C18H16N4O3/c23-16(21-9-12-8-19-11-20-15(12)10-21)6-3-7-22-17(24)13-4-1-2-5-14(13)18(22)25/h1-2,4-5,8,11H,3,6-7,9-10H2. The van der Waals surface area contributed by atoms with E-state index in [-0.39, 0.29) is 30.7 Å². The summed E-state index contributed by atoms with van der Waals surface area (Å²) in [6, 6.07) is 6.79. The van der Waals surface area contributed by atoms with Gasteiger partial charge in [-0.05, 0) is 18.6 Å². The molecule has 2 aromatic rings. The van der Waals surface area contributed by atoms with E-state index in [9.17, 15) is 14.4 Å². The van der Waals surface area contributed by atoms with Gasteiger partial charge in [0.1, 0.15) is 6.33 Å². The van der Waals surface area contributed by atoms with Crippen LogP contribution in [-0.2, 0) is 17.9 Å². The highest BCUT2D eigenvalue weighted by Crippen LogP contribution is 2.23. The second-order valence-corrected chi connectivity index (χ2v) is 6.16. The summed E-state index contributed by atoms with van der Waals surface area (Å²) in [6.07, 6.45) is 3.95. The van der Waals surface area contributed by atoms with Crippen molar-refractivity contribution in [3.63, 3.8) is 0 Å². The van der Waals surface area contributed by atoms with Crippen LogP contribution in [0.3, 0.4) is 0 Å². The summed E-state index contributed by atoms with van der Waals surface area (Å²) < 4.78 is 0. The van der Waals surface area contributed by atoms with Gasteiger partial charge in [-0.2, -0.15) is 0 Å². The number of imide groups is 1. The van der Waals surface area contributed by atoms with Crippen molar-refractivity contribution in [3.05, 3.63) is 59.2 Å². The normalized spacial score (nSPS) is 15.5. The van der Waals surface area contributed by atoms with Crippen LogP contribution in [0.15, 0.2) is 36.8 Å². The molecule has 7 heteroatoms. The first kappa shape index (κ1) is 15.4. The van der Waals surface area contributed by atoms with Gasteiger partial charge in [-0.25, -0.2) is 9.97 Å². The van der Waals surface area contributed by atoms with E-state index < -0.39 is 0 Å². The largest absolute Gasteiger partial charge is 0.332 e. The van der Waals surface area contributed by atoms with Gasteiger partial charge in [-0.3, -0.25) is 19.3 Å². The fourth-order valence-electron chi connectivity index (χ4n) is 3.27. The molecule has 1 aromatic carbocycles. The fourth-order valence-corrected chi connectivity index (χ4v) is 3.27. The van der Waals surface area contributed by atoms with Gasteiger partial charge >= 0.3 is 0 Å². The van der Waals surface area contributed by atoms with Crippen LogP contribution in [0.1, 0.15) is 44.8 Å². The zero-order valence-corrected chi connectivity index (χ0v) is 13.5. The maximum absolute atomic E-state index is 12.4. The number of benzene rings is 1. The first-order valence-corrected chi connectivity index (χ1v) is 8.16. The van der Waals surface area contributed by atoms with Crippen LogP contribution in [0.5, 0.6) is 0 Å². The molecule has 0 bridgehead atoms. The Morgan fingerprint density at radius 3 is 2.48 bits per heavy atom. The molecular formula is C18H16N4O3. The number of fused-ring (bicyclic) bond motifs is 2. The van der Waals surface area contributed by atoms with E-state index in [0.29, 0.717) is 30.6 Å². The molecule has 0 radical (unpaired) electrons. The zero-order chi connectivity index (χ0) is 17.4. The molecule has 2 aliphatic heterocycles. The smallest absolute Gasteiger partial charge is 0.261 e. The van der Waals surface area contributed by atoms with E-state index in [0.717, 1.165) is 11.3 Å². The van der Waals surface area contributed by atoms with Gasteiger partial charge in [0, 0.05) is 31.3 Å². The number of rotatable bonds is 4. The van der Waals surface area contributed by atoms with Crippen molar-refractivity contribution in [1.29, 1.82) is 0 Å². The minimum atomic E-state index is -0.281. The van der Waals surface area contributed by atoms with E-state index >= 15 is 0 Å². The minimum absolute atomic E-state index is 0.00499. The molecule has 1 aromatic heterocycles. The van der Waals surface area contributed by atoms with Gasteiger partial charge in [0.25, 0.3) is 11.8 Å². The van der Waals surface area contributed by atoms with Crippen molar-refractivity contribution in [2.24, 2.45) is 0 Å². The molecule has 0 aliphatic carbocycles. The first-order valence-electron chi connectivity index (χ1n) is 8.16. The molecule has 0 saturated heterocycles. The number of amides is 3. The van der Waals surface area contributed by atoms with E-state index in [1.165, 1.54) is 11.2 Å². The summed E-state index contributed by atoms with van der Waals surface area (Å²) in [6.45, 7) is 1.25. The van der Waals surface area contributed by atoms with Gasteiger partial charge in [0.05, 0.1) is 23.4 Å². The average molecular weight is 336 g/mol. The van der Waals surface area contributed by atoms with Crippen molar-refractivity contribution in [3.8, 4) is 0 Å². The highest BCUT2D eigenvalue weighted by molar-refractivity contribution is 6.21. The van der Waals surface area contributed by atoms with E-state index in [4.69, 9.17) is 0 Å². The molecule has 2 aliphatic rings. The van der Waals surface area contributed by atoms with E-state index in [1.807, 2.05) is 0 Å². The Hall–Kier alpha value is -3.09. The van der Waals surface area contributed by atoms with Gasteiger partial charge < -0.3 is 4.90 Å². The van der Waals surface area contributed by atoms with Gasteiger partial charge in [-0.15, -0.1) is 0 Å². The Kier molecular flexibility index (Phi) is 3.76. The Bertz CT molecular complexity index is 820. The van der Waals surface area contributed by atoms with Gasteiger partial charge in [0.15, 0.2) is 0 Å². The second kappa shape index (κ2) is 6.08. The predicted molar refractivity (Wildman–Crippen MR) is 87.3 cm³/mol. The van der Waals surface area contributed by atoms with Crippen LogP contribution in [0.4, 0.5) is 0 Å². The molecular weight excluding hydrogens is 320 g/mol. The molecule has 0 atom stereocenters. The van der Waals surface area contributed by atoms with Gasteiger partial charge in [0.2, 0.25) is 5.91 Å². The number of hydrogen-bond acceptors (Lipinski definition) is 5. The second-order valence-electron chi connectivity index (χ2n) is 6.16. The number of nitrogens with zero attached hydrogens (tertiary/aromatic N) is 4. The zero-order valence-electron chi connectivity index (χ0n) is 13.5. The lowest BCUT2D eigenvalue weighted by atomic mass is 10.1. The van der Waals surface area contributed by atoms with Crippen molar-refractivity contribution < 1.29 is 14.4 Å². The van der Waals surface area contributed by atoms with Crippen molar-refractivity contribution in [1.82, 2.24) is 19.8 Å². The van der Waals surface area contributed by atoms with Crippen LogP contribution in [-0.4, -0.2) is 44.0 Å². The predicted octanol–water partition coefficient (Wildman–Crippen LogP) is 1.40. The average Bonchev–Trinajstić information content (AvgIpc) is 3.17. The lowest BCUT2D eigenvalue weighted by molar-refractivity contribution is -0.132. The summed E-state index contributed by atoms with van der Waals surface area (Å²) in [4.78, 5) is 48.0. The van der Waals surface area contributed by atoms with E-state index in [2.05, 4.69) is 9.97 Å². The molecule has 0 N–H and O–H groups in total. The minimum Gasteiger partial charge on any atom is -0.332 e. The maximum atomic E-state index is 12.4. The highest BCUT2D eigenvalue weighted by atomic mass is 16.2. The van der Waals surface area contributed by atoms with Crippen LogP contribution in [0.2, 0.25) is 0 Å². The van der Waals surface area contributed by atoms with Gasteiger partial charge in [-0.1, -0.05) is 12.1 Å². The topological polar surface area (TPSA) is 83.5 Å². The summed E-state index contributed by atoms with van der Waals surface area (Å²) in [5.74, 6) is -0.566. The third-order valence-electron chi connectivity index (χ3n) is 4.59. The van der Waals surface area contributed by atoms with Crippen LogP contribution < -0.4 is 0 Å². The van der Waals surface area contributed by atoms with Crippen LogP contribution in [0, 0.1) is 0 Å². The summed E-state index contributed by atoms with van der Waals surface area (Å²) in [5, 5.41) is 0. The Labute approximate surface area is 144 Å². The highest BCUT2D eigenvalue weighted by Gasteiger charge is 2.34. The molecule has 0 saturated carbocycles. The first-order chi connectivity index (χ1) is 12.1.